The molecule has 0 amide bonds. The Balaban J connectivity index is 2.33. The summed E-state index contributed by atoms with van der Waals surface area (Å²) in [7, 11) is 0. The smallest absolute Gasteiger partial charge is 0.0438 e. The second-order valence-corrected chi connectivity index (χ2v) is 8.04. The van der Waals surface area contributed by atoms with E-state index in [2.05, 4.69) is 93.0 Å². The van der Waals surface area contributed by atoms with Crippen molar-refractivity contribution in [3.63, 3.8) is 0 Å². The summed E-state index contributed by atoms with van der Waals surface area (Å²) < 4.78 is 0. The molecule has 0 N–H and O–H groups in total. The van der Waals surface area contributed by atoms with Gasteiger partial charge in [0, 0.05) is 4.83 Å². The minimum absolute atomic E-state index is 0.171. The van der Waals surface area contributed by atoms with Crippen LogP contribution >= 0.6 is 15.9 Å². The number of hydrogen-bond donors (Lipinski definition) is 0. The predicted molar refractivity (Wildman–Crippen MR) is 96.4 cm³/mol. The van der Waals surface area contributed by atoms with Crippen LogP contribution in [0, 0.1) is 13.8 Å². The lowest BCUT2D eigenvalue weighted by atomic mass is 9.82. The summed E-state index contributed by atoms with van der Waals surface area (Å²) in [5, 5.41) is 0. The monoisotopic (exact) mass is 344 g/mol. The van der Waals surface area contributed by atoms with Gasteiger partial charge in [0.25, 0.3) is 0 Å². The van der Waals surface area contributed by atoms with Crippen LogP contribution in [0.2, 0.25) is 0 Å². The Morgan fingerprint density at radius 3 is 2.33 bits per heavy atom. The van der Waals surface area contributed by atoms with E-state index in [-0.39, 0.29) is 5.41 Å². The maximum Gasteiger partial charge on any atom is 0.0438 e. The Bertz CT molecular complexity index is 620. The van der Waals surface area contributed by atoms with E-state index in [0.29, 0.717) is 4.83 Å². The normalized spacial score (nSPS) is 13.2. The van der Waals surface area contributed by atoms with E-state index >= 15 is 0 Å². The van der Waals surface area contributed by atoms with E-state index in [9.17, 15) is 0 Å². The van der Waals surface area contributed by atoms with Crippen LogP contribution in [0.4, 0.5) is 0 Å². The zero-order valence-corrected chi connectivity index (χ0v) is 15.3. The number of rotatable bonds is 3. The van der Waals surface area contributed by atoms with E-state index in [0.717, 1.165) is 6.42 Å². The minimum Gasteiger partial charge on any atom is -0.0835 e. The summed E-state index contributed by atoms with van der Waals surface area (Å²) in [4.78, 5) is 0.355. The molecule has 0 saturated heterocycles. The van der Waals surface area contributed by atoms with Gasteiger partial charge in [-0.15, -0.1) is 0 Å². The van der Waals surface area contributed by atoms with Crippen LogP contribution in [-0.4, -0.2) is 0 Å². The molecule has 0 heterocycles. The first-order valence-electron chi connectivity index (χ1n) is 7.58. The van der Waals surface area contributed by atoms with Crippen LogP contribution in [0.5, 0.6) is 0 Å². The molecule has 0 fully saturated rings. The largest absolute Gasteiger partial charge is 0.0835 e. The van der Waals surface area contributed by atoms with Gasteiger partial charge in [0.05, 0.1) is 0 Å². The Morgan fingerprint density at radius 1 is 1.00 bits per heavy atom. The fourth-order valence-corrected chi connectivity index (χ4v) is 3.52. The molecular formula is C20H25Br. The third kappa shape index (κ3) is 3.97. The molecule has 2 rings (SSSR count). The standard InChI is InChI=1S/C20H25Br/c1-14-10-11-15(2)16(12-14)13-19(21)17-8-6-7-9-18(17)20(3,4)5/h6-12,19H,13H2,1-5H3. The van der Waals surface area contributed by atoms with E-state index < -0.39 is 0 Å². The van der Waals surface area contributed by atoms with Crippen molar-refractivity contribution >= 4 is 15.9 Å². The second-order valence-electron chi connectivity index (χ2n) is 6.94. The van der Waals surface area contributed by atoms with Gasteiger partial charge in [-0.25, -0.2) is 0 Å². The van der Waals surface area contributed by atoms with Gasteiger partial charge in [-0.05, 0) is 47.9 Å². The maximum atomic E-state index is 3.92. The van der Waals surface area contributed by atoms with Crippen molar-refractivity contribution in [2.24, 2.45) is 0 Å². The van der Waals surface area contributed by atoms with Gasteiger partial charge < -0.3 is 0 Å². The van der Waals surface area contributed by atoms with Crippen molar-refractivity contribution < 1.29 is 0 Å². The van der Waals surface area contributed by atoms with E-state index in [1.165, 1.54) is 27.8 Å². The third-order valence-electron chi connectivity index (χ3n) is 4.01. The quantitative estimate of drug-likeness (QED) is 0.574. The molecular weight excluding hydrogens is 320 g/mol. The topological polar surface area (TPSA) is 0 Å². The summed E-state index contributed by atoms with van der Waals surface area (Å²) in [5.41, 5.74) is 7.14. The van der Waals surface area contributed by atoms with Gasteiger partial charge >= 0.3 is 0 Å². The number of benzene rings is 2. The first kappa shape index (κ1) is 16.3. The predicted octanol–water partition coefficient (Wildman–Crippen LogP) is 6.28. The van der Waals surface area contributed by atoms with Crippen molar-refractivity contribution in [2.45, 2.75) is 51.3 Å². The van der Waals surface area contributed by atoms with Crippen LogP contribution in [-0.2, 0) is 11.8 Å². The van der Waals surface area contributed by atoms with Gasteiger partial charge in [0.2, 0.25) is 0 Å². The van der Waals surface area contributed by atoms with Gasteiger partial charge in [-0.3, -0.25) is 0 Å². The Labute approximate surface area is 137 Å². The molecule has 0 aliphatic heterocycles. The molecule has 2 aromatic carbocycles. The lowest BCUT2D eigenvalue weighted by molar-refractivity contribution is 0.581. The number of hydrogen-bond acceptors (Lipinski definition) is 0. The number of halogens is 1. The highest BCUT2D eigenvalue weighted by Crippen LogP contribution is 2.36. The SMILES string of the molecule is Cc1ccc(C)c(CC(Br)c2ccccc2C(C)(C)C)c1. The summed E-state index contributed by atoms with van der Waals surface area (Å²) in [6, 6.07) is 15.5. The number of aryl methyl sites for hydroxylation is 2. The van der Waals surface area contributed by atoms with Crippen LogP contribution in [0.15, 0.2) is 42.5 Å². The molecule has 0 aliphatic carbocycles. The van der Waals surface area contributed by atoms with Gasteiger partial charge in [-0.1, -0.05) is 84.7 Å². The molecule has 0 spiro atoms. The summed E-state index contributed by atoms with van der Waals surface area (Å²) in [6.45, 7) is 11.2. The zero-order valence-electron chi connectivity index (χ0n) is 13.7. The maximum absolute atomic E-state index is 3.92. The van der Waals surface area contributed by atoms with E-state index in [1.807, 2.05) is 0 Å². The third-order valence-corrected chi connectivity index (χ3v) is 4.83. The highest BCUT2D eigenvalue weighted by molar-refractivity contribution is 9.09. The van der Waals surface area contributed by atoms with Crippen LogP contribution in [0.25, 0.3) is 0 Å². The highest BCUT2D eigenvalue weighted by atomic mass is 79.9. The Morgan fingerprint density at radius 2 is 1.67 bits per heavy atom. The average molecular weight is 345 g/mol. The summed E-state index contributed by atoms with van der Waals surface area (Å²) in [6.07, 6.45) is 1.03. The van der Waals surface area contributed by atoms with Gasteiger partial charge in [-0.2, -0.15) is 0 Å². The molecule has 2 aromatic rings. The van der Waals surface area contributed by atoms with E-state index in [4.69, 9.17) is 0 Å². The van der Waals surface area contributed by atoms with Crippen molar-refractivity contribution in [3.05, 3.63) is 70.3 Å². The number of alkyl halides is 1. The fraction of sp³-hybridized carbons (Fsp3) is 0.400. The molecule has 0 saturated carbocycles. The Kier molecular flexibility index (Phi) is 4.93. The molecule has 1 atom stereocenters. The summed E-state index contributed by atoms with van der Waals surface area (Å²) >= 11 is 3.92. The molecule has 0 aromatic heterocycles. The minimum atomic E-state index is 0.171. The highest BCUT2D eigenvalue weighted by Gasteiger charge is 2.21. The first-order valence-corrected chi connectivity index (χ1v) is 8.50. The lowest BCUT2D eigenvalue weighted by Crippen LogP contribution is -2.15. The second kappa shape index (κ2) is 6.36. The Hall–Kier alpha value is -1.08. The molecule has 21 heavy (non-hydrogen) atoms. The van der Waals surface area contributed by atoms with Gasteiger partial charge in [0.15, 0.2) is 0 Å². The average Bonchev–Trinajstić information content (AvgIpc) is 2.42. The summed E-state index contributed by atoms with van der Waals surface area (Å²) in [5.74, 6) is 0. The molecule has 1 unspecified atom stereocenters. The molecule has 0 radical (unpaired) electrons. The lowest BCUT2D eigenvalue weighted by Gasteiger charge is -2.25. The van der Waals surface area contributed by atoms with Crippen LogP contribution < -0.4 is 0 Å². The zero-order chi connectivity index (χ0) is 15.6. The molecule has 0 nitrogen and oxygen atoms in total. The first-order chi connectivity index (χ1) is 9.79. The van der Waals surface area contributed by atoms with Crippen molar-refractivity contribution in [1.82, 2.24) is 0 Å². The van der Waals surface area contributed by atoms with Crippen LogP contribution in [0.1, 0.15) is 53.4 Å². The van der Waals surface area contributed by atoms with Crippen molar-refractivity contribution in [2.75, 3.05) is 0 Å². The molecule has 1 heteroatoms. The van der Waals surface area contributed by atoms with Crippen LogP contribution in [0.3, 0.4) is 0 Å². The van der Waals surface area contributed by atoms with Gasteiger partial charge in [0.1, 0.15) is 0 Å². The molecule has 0 bridgehead atoms. The fourth-order valence-electron chi connectivity index (χ4n) is 2.78. The van der Waals surface area contributed by atoms with E-state index in [1.54, 1.807) is 0 Å². The van der Waals surface area contributed by atoms with Crippen molar-refractivity contribution in [3.8, 4) is 0 Å². The molecule has 112 valence electrons. The van der Waals surface area contributed by atoms with Crippen molar-refractivity contribution in [1.29, 1.82) is 0 Å². The molecule has 0 aliphatic rings.